The van der Waals surface area contributed by atoms with Crippen LogP contribution in [0, 0.1) is 0 Å². The Bertz CT molecular complexity index is 627. The quantitative estimate of drug-likeness (QED) is 0.816. The van der Waals surface area contributed by atoms with Crippen LogP contribution in [0.25, 0.3) is 0 Å². The van der Waals surface area contributed by atoms with Crippen LogP contribution in [0.15, 0.2) is 23.6 Å². The molecule has 6 nitrogen and oxygen atoms in total. The van der Waals surface area contributed by atoms with Crippen molar-refractivity contribution in [2.24, 2.45) is 0 Å². The van der Waals surface area contributed by atoms with Gasteiger partial charge in [-0.2, -0.15) is 0 Å². The van der Waals surface area contributed by atoms with Crippen molar-refractivity contribution in [2.45, 2.75) is 13.8 Å². The third-order valence-electron chi connectivity index (χ3n) is 2.52. The summed E-state index contributed by atoms with van der Waals surface area (Å²) in [7, 11) is 0. The number of rotatable bonds is 7. The number of benzene rings is 1. The van der Waals surface area contributed by atoms with Gasteiger partial charge in [-0.15, -0.1) is 11.3 Å². The summed E-state index contributed by atoms with van der Waals surface area (Å²) in [4.78, 5) is 14.8. The van der Waals surface area contributed by atoms with Crippen molar-refractivity contribution < 1.29 is 19.4 Å². The van der Waals surface area contributed by atoms with Gasteiger partial charge in [-0.1, -0.05) is 0 Å². The molecule has 2 aromatic rings. The lowest BCUT2D eigenvalue weighted by Crippen LogP contribution is -2.00. The second kappa shape index (κ2) is 6.94. The highest BCUT2D eigenvalue weighted by atomic mass is 32.1. The number of aromatic carboxylic acids is 1. The lowest BCUT2D eigenvalue weighted by molar-refractivity contribution is 0.0691. The molecule has 112 valence electrons. The van der Waals surface area contributed by atoms with Gasteiger partial charge in [-0.25, -0.2) is 9.78 Å². The van der Waals surface area contributed by atoms with Crippen molar-refractivity contribution in [2.75, 3.05) is 18.5 Å². The van der Waals surface area contributed by atoms with E-state index in [0.717, 1.165) is 5.69 Å². The fourth-order valence-electron chi connectivity index (χ4n) is 1.68. The third kappa shape index (κ3) is 3.85. The molecule has 0 amide bonds. The molecule has 1 aromatic heterocycles. The minimum Gasteiger partial charge on any atom is -0.490 e. The van der Waals surface area contributed by atoms with Gasteiger partial charge in [-0.05, 0) is 26.0 Å². The van der Waals surface area contributed by atoms with Crippen molar-refractivity contribution >= 4 is 28.1 Å². The molecule has 0 aliphatic carbocycles. The predicted molar refractivity (Wildman–Crippen MR) is 81.1 cm³/mol. The van der Waals surface area contributed by atoms with Gasteiger partial charge in [0.05, 0.1) is 13.2 Å². The summed E-state index contributed by atoms with van der Waals surface area (Å²) in [6.45, 7) is 4.89. The maximum Gasteiger partial charge on any atom is 0.355 e. The second-order valence-electron chi connectivity index (χ2n) is 4.00. The minimum atomic E-state index is -1.04. The number of hydrogen-bond donors (Lipinski definition) is 2. The van der Waals surface area contributed by atoms with E-state index in [1.165, 1.54) is 16.7 Å². The average molecular weight is 308 g/mol. The average Bonchev–Trinajstić information content (AvgIpc) is 2.91. The number of nitrogens with one attached hydrogen (secondary N) is 1. The molecular formula is C14H16N2O4S. The van der Waals surface area contributed by atoms with E-state index in [1.54, 1.807) is 6.07 Å². The molecule has 1 aromatic carbocycles. The molecule has 0 atom stereocenters. The maximum atomic E-state index is 10.8. The van der Waals surface area contributed by atoms with E-state index in [4.69, 9.17) is 14.6 Å². The highest BCUT2D eigenvalue weighted by Gasteiger charge is 2.10. The van der Waals surface area contributed by atoms with E-state index in [2.05, 4.69) is 10.3 Å². The number of thiazole rings is 1. The van der Waals surface area contributed by atoms with Crippen LogP contribution in [0.3, 0.4) is 0 Å². The number of carboxylic acid groups (broad SMARTS) is 1. The van der Waals surface area contributed by atoms with Gasteiger partial charge < -0.3 is 19.9 Å². The largest absolute Gasteiger partial charge is 0.490 e. The van der Waals surface area contributed by atoms with E-state index >= 15 is 0 Å². The highest BCUT2D eigenvalue weighted by Crippen LogP contribution is 2.32. The van der Waals surface area contributed by atoms with Gasteiger partial charge in [-0.3, -0.25) is 0 Å². The fourth-order valence-corrected chi connectivity index (χ4v) is 2.39. The molecule has 21 heavy (non-hydrogen) atoms. The van der Waals surface area contributed by atoms with Gasteiger partial charge in [0, 0.05) is 17.1 Å². The Kier molecular flexibility index (Phi) is 4.99. The Morgan fingerprint density at radius 3 is 2.62 bits per heavy atom. The number of aromatic nitrogens is 1. The van der Waals surface area contributed by atoms with E-state index in [0.29, 0.717) is 29.8 Å². The van der Waals surface area contributed by atoms with Crippen molar-refractivity contribution in [3.05, 3.63) is 29.3 Å². The molecule has 0 bridgehead atoms. The predicted octanol–water partition coefficient (Wildman–Crippen LogP) is 3.38. The van der Waals surface area contributed by atoms with Crippen molar-refractivity contribution in [1.82, 2.24) is 4.98 Å². The van der Waals surface area contributed by atoms with Crippen LogP contribution >= 0.6 is 11.3 Å². The summed E-state index contributed by atoms with van der Waals surface area (Å²) in [5.41, 5.74) is 0.784. The lowest BCUT2D eigenvalue weighted by Gasteiger charge is -2.12. The summed E-state index contributed by atoms with van der Waals surface area (Å²) in [5.74, 6) is 0.274. The molecule has 0 fully saturated rings. The molecule has 0 aliphatic rings. The summed E-state index contributed by atoms with van der Waals surface area (Å²) < 4.78 is 11.0. The number of anilines is 2. The molecule has 0 saturated carbocycles. The molecule has 2 N–H and O–H groups in total. The topological polar surface area (TPSA) is 80.7 Å². The zero-order valence-corrected chi connectivity index (χ0v) is 12.6. The monoisotopic (exact) mass is 308 g/mol. The first kappa shape index (κ1) is 15.1. The van der Waals surface area contributed by atoms with Gasteiger partial charge in [0.25, 0.3) is 0 Å². The van der Waals surface area contributed by atoms with Gasteiger partial charge in [0.15, 0.2) is 22.3 Å². The normalized spacial score (nSPS) is 10.2. The number of nitrogens with zero attached hydrogens (tertiary/aromatic N) is 1. The van der Waals surface area contributed by atoms with E-state index in [-0.39, 0.29) is 5.69 Å². The van der Waals surface area contributed by atoms with Crippen LogP contribution in [0.4, 0.5) is 10.8 Å². The number of carbonyl (C=O) groups is 1. The van der Waals surface area contributed by atoms with Crippen molar-refractivity contribution in [1.29, 1.82) is 0 Å². The fraction of sp³-hybridized carbons (Fsp3) is 0.286. The van der Waals surface area contributed by atoms with Crippen molar-refractivity contribution in [3.8, 4) is 11.5 Å². The molecule has 0 spiro atoms. The highest BCUT2D eigenvalue weighted by molar-refractivity contribution is 7.14. The van der Waals surface area contributed by atoms with Crippen LogP contribution in [0.2, 0.25) is 0 Å². The summed E-state index contributed by atoms with van der Waals surface area (Å²) >= 11 is 1.23. The maximum absolute atomic E-state index is 10.8. The Balaban J connectivity index is 2.19. The smallest absolute Gasteiger partial charge is 0.355 e. The first-order valence-electron chi connectivity index (χ1n) is 6.49. The molecule has 0 radical (unpaired) electrons. The Hall–Kier alpha value is -2.28. The standard InChI is InChI=1S/C14H16N2O4S/c1-3-19-11-6-5-9(7-12(11)20-4-2)15-14-16-10(8-21-14)13(17)18/h5-8H,3-4H2,1-2H3,(H,15,16)(H,17,18). The first-order chi connectivity index (χ1) is 10.1. The lowest BCUT2D eigenvalue weighted by atomic mass is 10.2. The molecule has 0 aliphatic heterocycles. The molecule has 1 heterocycles. The van der Waals surface area contributed by atoms with Crippen LogP contribution < -0.4 is 14.8 Å². The summed E-state index contributed by atoms with van der Waals surface area (Å²) in [5, 5.41) is 13.9. The third-order valence-corrected chi connectivity index (χ3v) is 3.28. The van der Waals surface area contributed by atoms with Gasteiger partial charge >= 0.3 is 5.97 Å². The van der Waals surface area contributed by atoms with Gasteiger partial charge in [0.2, 0.25) is 0 Å². The van der Waals surface area contributed by atoms with Crippen LogP contribution in [0.5, 0.6) is 11.5 Å². The zero-order chi connectivity index (χ0) is 15.2. The molecular weight excluding hydrogens is 292 g/mol. The molecule has 0 unspecified atom stereocenters. The van der Waals surface area contributed by atoms with Crippen molar-refractivity contribution in [3.63, 3.8) is 0 Å². The molecule has 7 heteroatoms. The Labute approximate surface area is 126 Å². The Morgan fingerprint density at radius 2 is 2.00 bits per heavy atom. The summed E-state index contributed by atoms with van der Waals surface area (Å²) in [6, 6.07) is 5.44. The number of hydrogen-bond acceptors (Lipinski definition) is 6. The van der Waals surface area contributed by atoms with Crippen LogP contribution in [-0.2, 0) is 0 Å². The molecule has 0 saturated heterocycles. The van der Waals surface area contributed by atoms with E-state index in [9.17, 15) is 4.79 Å². The second-order valence-corrected chi connectivity index (χ2v) is 4.85. The first-order valence-corrected chi connectivity index (χ1v) is 7.37. The van der Waals surface area contributed by atoms with E-state index < -0.39 is 5.97 Å². The molecule has 2 rings (SSSR count). The summed E-state index contributed by atoms with van der Waals surface area (Å²) in [6.07, 6.45) is 0. The van der Waals surface area contributed by atoms with Crippen LogP contribution in [0.1, 0.15) is 24.3 Å². The van der Waals surface area contributed by atoms with Gasteiger partial charge in [0.1, 0.15) is 0 Å². The number of carboxylic acids is 1. The Morgan fingerprint density at radius 1 is 1.29 bits per heavy atom. The zero-order valence-electron chi connectivity index (χ0n) is 11.8. The SMILES string of the molecule is CCOc1ccc(Nc2nc(C(=O)O)cs2)cc1OCC. The number of ether oxygens (including phenoxy) is 2. The van der Waals surface area contributed by atoms with Crippen LogP contribution in [-0.4, -0.2) is 29.3 Å². The minimum absolute atomic E-state index is 0.0264. The van der Waals surface area contributed by atoms with E-state index in [1.807, 2.05) is 26.0 Å².